The highest BCUT2D eigenvalue weighted by molar-refractivity contribution is 5.85. The van der Waals surface area contributed by atoms with Gasteiger partial charge in [0, 0.05) is 36.0 Å². The maximum atomic E-state index is 9.46. The minimum absolute atomic E-state index is 0. The number of halogens is 1. The predicted molar refractivity (Wildman–Crippen MR) is 116 cm³/mol. The van der Waals surface area contributed by atoms with Crippen LogP contribution in [0.25, 0.3) is 16.6 Å². The van der Waals surface area contributed by atoms with Crippen molar-refractivity contribution < 1.29 is 4.74 Å². The summed E-state index contributed by atoms with van der Waals surface area (Å²) in [4.78, 5) is 6.95. The fraction of sp³-hybridized carbons (Fsp3) is 0.381. The molecule has 0 aliphatic carbocycles. The van der Waals surface area contributed by atoms with E-state index in [1.165, 1.54) is 0 Å². The van der Waals surface area contributed by atoms with Crippen molar-refractivity contribution in [3.05, 3.63) is 42.4 Å². The molecule has 0 unspecified atom stereocenters. The van der Waals surface area contributed by atoms with Gasteiger partial charge in [-0.15, -0.1) is 12.4 Å². The minimum Gasteiger partial charge on any atom is -0.492 e. The maximum Gasteiger partial charge on any atom is 0.138 e. The molecule has 152 valence electrons. The van der Waals surface area contributed by atoms with Crippen LogP contribution < -0.4 is 15.4 Å². The number of anilines is 1. The Hall–Kier alpha value is -2.82. The van der Waals surface area contributed by atoms with Crippen LogP contribution in [0.15, 0.2) is 36.8 Å². The molecule has 0 radical (unpaired) electrons. The number of nitrogens with two attached hydrogens (primary N) is 1. The number of nitrogens with zero attached hydrogens (tertiary/aromatic N) is 5. The molecule has 1 aliphatic rings. The Bertz CT molecular complexity index is 1030. The van der Waals surface area contributed by atoms with E-state index in [0.29, 0.717) is 17.9 Å². The summed E-state index contributed by atoms with van der Waals surface area (Å²) in [7, 11) is 0. The summed E-state index contributed by atoms with van der Waals surface area (Å²) >= 11 is 0. The molecule has 0 aromatic carbocycles. The maximum absolute atomic E-state index is 9.46. The van der Waals surface area contributed by atoms with Gasteiger partial charge >= 0.3 is 0 Å². The Morgan fingerprint density at radius 2 is 2.03 bits per heavy atom. The number of hydrogen-bond donors (Lipinski definition) is 1. The summed E-state index contributed by atoms with van der Waals surface area (Å²) in [6.07, 6.45) is 7.13. The molecule has 8 heteroatoms. The molecule has 4 heterocycles. The molecule has 2 N–H and O–H groups in total. The molecule has 0 spiro atoms. The van der Waals surface area contributed by atoms with Gasteiger partial charge in [-0.05, 0) is 44.9 Å². The second-order valence-electron chi connectivity index (χ2n) is 7.53. The van der Waals surface area contributed by atoms with Crippen molar-refractivity contribution in [2.45, 2.75) is 32.2 Å². The summed E-state index contributed by atoms with van der Waals surface area (Å²) in [5, 5.41) is 13.8. The largest absolute Gasteiger partial charge is 0.492 e. The van der Waals surface area contributed by atoms with Gasteiger partial charge in [-0.2, -0.15) is 10.4 Å². The summed E-state index contributed by atoms with van der Waals surface area (Å²) < 4.78 is 7.37. The van der Waals surface area contributed by atoms with Gasteiger partial charge in [0.15, 0.2) is 0 Å². The van der Waals surface area contributed by atoms with Gasteiger partial charge in [0.25, 0.3) is 0 Å². The minimum atomic E-state index is -0.0858. The monoisotopic (exact) mass is 412 g/mol. The highest BCUT2D eigenvalue weighted by Crippen LogP contribution is 2.32. The first-order valence-electron chi connectivity index (χ1n) is 9.55. The van der Waals surface area contributed by atoms with Crippen molar-refractivity contribution in [2.75, 3.05) is 24.6 Å². The second kappa shape index (κ2) is 8.27. The van der Waals surface area contributed by atoms with Crippen LogP contribution >= 0.6 is 12.4 Å². The van der Waals surface area contributed by atoms with Gasteiger partial charge in [-0.25, -0.2) is 9.50 Å². The number of rotatable bonds is 4. The molecule has 0 saturated carbocycles. The summed E-state index contributed by atoms with van der Waals surface area (Å²) in [6, 6.07) is 8.23. The Morgan fingerprint density at radius 3 is 2.66 bits per heavy atom. The van der Waals surface area contributed by atoms with Crippen molar-refractivity contribution >= 4 is 23.7 Å². The number of ether oxygens (including phenoxy) is 1. The molecule has 4 rings (SSSR count). The van der Waals surface area contributed by atoms with Gasteiger partial charge in [0.05, 0.1) is 30.1 Å². The predicted octanol–water partition coefficient (Wildman–Crippen LogP) is 3.41. The van der Waals surface area contributed by atoms with E-state index in [1.54, 1.807) is 16.9 Å². The molecule has 1 saturated heterocycles. The molecule has 3 aromatic heterocycles. The van der Waals surface area contributed by atoms with Crippen LogP contribution in [-0.4, -0.2) is 39.8 Å². The van der Waals surface area contributed by atoms with Crippen LogP contribution in [0, 0.1) is 11.3 Å². The van der Waals surface area contributed by atoms with E-state index in [0.717, 1.165) is 48.4 Å². The normalized spacial score (nSPS) is 15.6. The van der Waals surface area contributed by atoms with Crippen molar-refractivity contribution in [1.82, 2.24) is 14.6 Å². The van der Waals surface area contributed by atoms with E-state index in [2.05, 4.69) is 28.0 Å². The first-order valence-corrected chi connectivity index (χ1v) is 9.55. The van der Waals surface area contributed by atoms with Gasteiger partial charge in [-0.1, -0.05) is 0 Å². The first-order chi connectivity index (χ1) is 13.5. The van der Waals surface area contributed by atoms with Gasteiger partial charge in [0.1, 0.15) is 17.6 Å². The van der Waals surface area contributed by atoms with Gasteiger partial charge in [0.2, 0.25) is 0 Å². The lowest BCUT2D eigenvalue weighted by atomic mass is 9.91. The number of pyridine rings is 2. The Labute approximate surface area is 176 Å². The van der Waals surface area contributed by atoms with Crippen LogP contribution in [0.5, 0.6) is 5.75 Å². The number of fused-ring (bicyclic) bond motifs is 1. The molecule has 7 nitrogen and oxygen atoms in total. The Balaban J connectivity index is 0.00000240. The lowest BCUT2D eigenvalue weighted by Crippen LogP contribution is -2.48. The first kappa shape index (κ1) is 20.9. The molecular weight excluding hydrogens is 388 g/mol. The van der Waals surface area contributed by atoms with Crippen LogP contribution in [0.1, 0.15) is 32.3 Å². The molecule has 1 fully saturated rings. The van der Waals surface area contributed by atoms with E-state index in [1.807, 2.05) is 31.3 Å². The van der Waals surface area contributed by atoms with E-state index >= 15 is 0 Å². The van der Waals surface area contributed by atoms with Crippen LogP contribution in [0.4, 0.5) is 5.82 Å². The highest BCUT2D eigenvalue weighted by Gasteiger charge is 2.26. The highest BCUT2D eigenvalue weighted by atomic mass is 35.5. The topological polar surface area (TPSA) is 92.5 Å². The zero-order chi connectivity index (χ0) is 19.7. The summed E-state index contributed by atoms with van der Waals surface area (Å²) in [5.74, 6) is 1.66. The third-order valence-corrected chi connectivity index (χ3v) is 5.31. The molecule has 0 bridgehead atoms. The Morgan fingerprint density at radius 1 is 1.28 bits per heavy atom. The van der Waals surface area contributed by atoms with Crippen molar-refractivity contribution in [1.29, 1.82) is 5.26 Å². The third-order valence-electron chi connectivity index (χ3n) is 5.31. The molecule has 29 heavy (non-hydrogen) atoms. The third kappa shape index (κ3) is 4.14. The van der Waals surface area contributed by atoms with Crippen molar-refractivity contribution in [3.63, 3.8) is 0 Å². The fourth-order valence-corrected chi connectivity index (χ4v) is 3.62. The van der Waals surface area contributed by atoms with E-state index < -0.39 is 0 Å². The van der Waals surface area contributed by atoms with E-state index in [9.17, 15) is 5.26 Å². The van der Waals surface area contributed by atoms with Crippen LogP contribution in [0.2, 0.25) is 0 Å². The smallest absolute Gasteiger partial charge is 0.138 e. The van der Waals surface area contributed by atoms with E-state index in [4.69, 9.17) is 10.5 Å². The van der Waals surface area contributed by atoms with Crippen LogP contribution in [0.3, 0.4) is 0 Å². The van der Waals surface area contributed by atoms with Gasteiger partial charge in [-0.3, -0.25) is 0 Å². The fourth-order valence-electron chi connectivity index (χ4n) is 3.62. The number of piperidine rings is 1. The van der Waals surface area contributed by atoms with Gasteiger partial charge < -0.3 is 15.4 Å². The van der Waals surface area contributed by atoms with Crippen molar-refractivity contribution in [3.8, 4) is 22.9 Å². The molecule has 1 aliphatic heterocycles. The standard InChI is InChI=1S/C21H24N6O.ClH/c1-3-28-17-10-18(20-16(11-22)13-25-27(20)14-17)15-4-5-19(24-12-15)26-8-6-21(2,23)7-9-26;/h4-5,10,12-14H,3,6-9,23H2,1-2H3;1H. The number of nitriles is 1. The number of hydrogen-bond acceptors (Lipinski definition) is 6. The summed E-state index contributed by atoms with van der Waals surface area (Å²) in [5.41, 5.74) is 9.24. The molecular formula is C21H25ClN6O. The zero-order valence-electron chi connectivity index (χ0n) is 16.6. The lowest BCUT2D eigenvalue weighted by Gasteiger charge is -2.37. The van der Waals surface area contributed by atoms with Crippen LogP contribution in [-0.2, 0) is 0 Å². The van der Waals surface area contributed by atoms with Crippen molar-refractivity contribution in [2.24, 2.45) is 5.73 Å². The number of aromatic nitrogens is 3. The second-order valence-corrected chi connectivity index (χ2v) is 7.53. The van der Waals surface area contributed by atoms with E-state index in [-0.39, 0.29) is 17.9 Å². The average molecular weight is 413 g/mol. The molecule has 3 aromatic rings. The average Bonchev–Trinajstić information content (AvgIpc) is 3.11. The quantitative estimate of drug-likeness (QED) is 0.705. The zero-order valence-corrected chi connectivity index (χ0v) is 17.4. The lowest BCUT2D eigenvalue weighted by molar-refractivity contribution is 0.338. The molecule has 0 amide bonds. The SMILES string of the molecule is CCOc1cc(-c2ccc(N3CCC(C)(N)CC3)nc2)c2c(C#N)cnn2c1.Cl. The molecule has 0 atom stereocenters. The summed E-state index contributed by atoms with van der Waals surface area (Å²) in [6.45, 7) is 6.42. The Kier molecular flexibility index (Phi) is 5.96.